The van der Waals surface area contributed by atoms with Gasteiger partial charge in [-0.25, -0.2) is 9.97 Å². The molecule has 0 atom stereocenters. The number of fused-ring (bicyclic) bond motifs is 4. The predicted octanol–water partition coefficient (Wildman–Crippen LogP) is 5.50. The number of carbonyl (C=O) groups excluding carboxylic acids is 2. The van der Waals surface area contributed by atoms with Crippen molar-refractivity contribution in [1.82, 2.24) is 35.7 Å². The summed E-state index contributed by atoms with van der Waals surface area (Å²) >= 11 is 0. The maximum absolute atomic E-state index is 13.4. The zero-order valence-electron chi connectivity index (χ0n) is 34.4. The van der Waals surface area contributed by atoms with Crippen molar-refractivity contribution >= 4 is 66.8 Å². The van der Waals surface area contributed by atoms with Crippen LogP contribution in [0.5, 0.6) is 0 Å². The average Bonchev–Trinajstić information content (AvgIpc) is 3.29. The summed E-state index contributed by atoms with van der Waals surface area (Å²) in [5.41, 5.74) is 6.37. The number of nitrogens with zero attached hydrogens (tertiary/aromatic N) is 4. The third-order valence-electron chi connectivity index (χ3n) is 11.5. The van der Waals surface area contributed by atoms with E-state index in [1.165, 1.54) is 0 Å². The first-order valence-corrected chi connectivity index (χ1v) is 21.6. The van der Waals surface area contributed by atoms with E-state index in [0.29, 0.717) is 35.2 Å². The molecule has 4 heterocycles. The molecule has 0 spiro atoms. The molecule has 4 aromatic carbocycles. The van der Waals surface area contributed by atoms with E-state index in [0.717, 1.165) is 155 Å². The Labute approximate surface area is 351 Å². The van der Waals surface area contributed by atoms with Crippen LogP contribution in [0.3, 0.4) is 0 Å². The Kier molecular flexibility index (Phi) is 14.2. The lowest BCUT2D eigenvalue weighted by molar-refractivity contribution is 0.0382. The van der Waals surface area contributed by atoms with Crippen molar-refractivity contribution in [2.24, 2.45) is 0 Å². The van der Waals surface area contributed by atoms with Crippen molar-refractivity contribution in [3.05, 3.63) is 96.1 Å². The summed E-state index contributed by atoms with van der Waals surface area (Å²) in [6.45, 7) is 12.7. The van der Waals surface area contributed by atoms with E-state index >= 15 is 0 Å². The molecule has 13 nitrogen and oxygen atoms in total. The van der Waals surface area contributed by atoms with Crippen LogP contribution in [0.4, 0.5) is 11.4 Å². The van der Waals surface area contributed by atoms with Gasteiger partial charge >= 0.3 is 0 Å². The second-order valence-corrected chi connectivity index (χ2v) is 15.5. The van der Waals surface area contributed by atoms with Crippen LogP contribution in [-0.4, -0.2) is 137 Å². The molecule has 2 amide bonds. The van der Waals surface area contributed by atoms with Gasteiger partial charge in [-0.3, -0.25) is 19.4 Å². The molecule has 2 aromatic heterocycles. The first kappa shape index (κ1) is 41.3. The predicted molar refractivity (Wildman–Crippen MR) is 241 cm³/mol. The molecule has 0 radical (unpaired) electrons. The van der Waals surface area contributed by atoms with E-state index in [2.05, 4.69) is 60.6 Å². The van der Waals surface area contributed by atoms with Gasteiger partial charge in [-0.15, -0.1) is 0 Å². The van der Waals surface area contributed by atoms with Gasteiger partial charge in [-0.1, -0.05) is 60.7 Å². The first-order valence-electron chi connectivity index (χ1n) is 21.6. The highest BCUT2D eigenvalue weighted by atomic mass is 16.5. The third-order valence-corrected chi connectivity index (χ3v) is 11.5. The van der Waals surface area contributed by atoms with Crippen molar-refractivity contribution in [1.29, 1.82) is 0 Å². The average molecular weight is 812 g/mol. The molecule has 0 bridgehead atoms. The Morgan fingerprint density at radius 3 is 1.45 bits per heavy atom. The quantitative estimate of drug-likeness (QED) is 0.0523. The van der Waals surface area contributed by atoms with Crippen LogP contribution >= 0.6 is 0 Å². The van der Waals surface area contributed by atoms with E-state index in [4.69, 9.17) is 19.4 Å². The molecule has 13 heteroatoms. The van der Waals surface area contributed by atoms with Crippen LogP contribution in [0.1, 0.15) is 40.0 Å². The number of hydrogen-bond acceptors (Lipinski definition) is 11. The van der Waals surface area contributed by atoms with Gasteiger partial charge in [0, 0.05) is 87.0 Å². The highest BCUT2D eigenvalue weighted by Crippen LogP contribution is 2.34. The van der Waals surface area contributed by atoms with Gasteiger partial charge in [0.1, 0.15) is 0 Å². The number of carbonyl (C=O) groups is 2. The second-order valence-electron chi connectivity index (χ2n) is 15.5. The Morgan fingerprint density at radius 2 is 0.933 bits per heavy atom. The molecule has 8 rings (SSSR count). The number of pyridine rings is 2. The van der Waals surface area contributed by atoms with Crippen molar-refractivity contribution in [3.8, 4) is 0 Å². The summed E-state index contributed by atoms with van der Waals surface area (Å²) in [5.74, 6) is -0.204. The summed E-state index contributed by atoms with van der Waals surface area (Å²) in [6, 6.07) is 28.0. The number of morpholine rings is 2. The second kappa shape index (κ2) is 20.7. The van der Waals surface area contributed by atoms with Crippen molar-refractivity contribution in [2.75, 3.05) is 116 Å². The van der Waals surface area contributed by atoms with Gasteiger partial charge in [-0.2, -0.15) is 0 Å². The van der Waals surface area contributed by atoms with Gasteiger partial charge in [0.15, 0.2) is 0 Å². The van der Waals surface area contributed by atoms with Crippen molar-refractivity contribution < 1.29 is 19.1 Å². The zero-order valence-corrected chi connectivity index (χ0v) is 34.4. The minimum Gasteiger partial charge on any atom is -0.384 e. The number of aromatic nitrogens is 2. The standard InChI is InChI=1S/C47H57N9O4/c57-46(51-22-24-55-26-30-59-31-27-55)38-14-7-12-36-42(34-10-1-3-16-40(34)53-44(36)38)49-20-6-5-18-48-19-9-21-50-43-35-11-2-4-17-41(35)54-45-37(43)13-8-15-39(45)47(58)52-23-25-56-28-32-60-33-29-56/h1-4,7-8,10-17,48H,5-6,9,18-33H2,(H,49,53)(H,50,54)(H,51,57)(H,52,58). The number of ether oxygens (including phenoxy) is 2. The fourth-order valence-corrected chi connectivity index (χ4v) is 8.21. The van der Waals surface area contributed by atoms with Gasteiger partial charge in [0.25, 0.3) is 11.8 Å². The van der Waals surface area contributed by atoms with E-state index in [9.17, 15) is 9.59 Å². The Bertz CT molecular complexity index is 2230. The first-order chi connectivity index (χ1) is 29.6. The van der Waals surface area contributed by atoms with E-state index in [-0.39, 0.29) is 11.8 Å². The lowest BCUT2D eigenvalue weighted by Gasteiger charge is -2.26. The largest absolute Gasteiger partial charge is 0.384 e. The molecule has 314 valence electrons. The molecular weight excluding hydrogens is 755 g/mol. The van der Waals surface area contributed by atoms with Crippen molar-refractivity contribution in [2.45, 2.75) is 19.3 Å². The maximum Gasteiger partial charge on any atom is 0.253 e. The van der Waals surface area contributed by atoms with E-state index in [1.807, 2.05) is 60.7 Å². The van der Waals surface area contributed by atoms with Gasteiger partial charge in [0.2, 0.25) is 0 Å². The fraction of sp³-hybridized carbons (Fsp3) is 0.404. The molecule has 0 aliphatic carbocycles. The van der Waals surface area contributed by atoms with Gasteiger partial charge in [-0.05, 0) is 56.6 Å². The van der Waals surface area contributed by atoms with Crippen molar-refractivity contribution in [3.63, 3.8) is 0 Å². The minimum absolute atomic E-state index is 0.101. The molecule has 2 aliphatic rings. The van der Waals surface area contributed by atoms with E-state index in [1.54, 1.807) is 0 Å². The Morgan fingerprint density at radius 1 is 0.500 bits per heavy atom. The molecule has 2 fully saturated rings. The summed E-state index contributed by atoms with van der Waals surface area (Å²) in [4.78, 5) is 41.4. The Hall–Kier alpha value is -5.44. The van der Waals surface area contributed by atoms with Crippen LogP contribution in [0.2, 0.25) is 0 Å². The van der Waals surface area contributed by atoms with Crippen LogP contribution in [0.15, 0.2) is 84.9 Å². The number of rotatable bonds is 19. The topological polar surface area (TPSA) is 145 Å². The fourth-order valence-electron chi connectivity index (χ4n) is 8.21. The summed E-state index contributed by atoms with van der Waals surface area (Å²) < 4.78 is 10.9. The normalized spacial score (nSPS) is 15.1. The number of para-hydroxylation sites is 4. The van der Waals surface area contributed by atoms with E-state index < -0.39 is 0 Å². The number of benzene rings is 4. The molecule has 2 aliphatic heterocycles. The molecule has 0 saturated carbocycles. The molecule has 5 N–H and O–H groups in total. The summed E-state index contributed by atoms with van der Waals surface area (Å²) in [7, 11) is 0. The molecule has 6 aromatic rings. The van der Waals surface area contributed by atoms with Crippen LogP contribution in [-0.2, 0) is 9.47 Å². The third kappa shape index (κ3) is 10.1. The van der Waals surface area contributed by atoms with Crippen LogP contribution in [0.25, 0.3) is 43.6 Å². The zero-order chi connectivity index (χ0) is 40.9. The molecule has 2 saturated heterocycles. The van der Waals surface area contributed by atoms with Crippen LogP contribution in [0, 0.1) is 0 Å². The number of anilines is 2. The van der Waals surface area contributed by atoms with Gasteiger partial charge < -0.3 is 36.1 Å². The highest BCUT2D eigenvalue weighted by molar-refractivity contribution is 6.15. The van der Waals surface area contributed by atoms with Gasteiger partial charge in [0.05, 0.1) is 71.0 Å². The summed E-state index contributed by atoms with van der Waals surface area (Å²) in [5, 5.41) is 21.3. The number of hydrogen-bond donors (Lipinski definition) is 5. The smallest absolute Gasteiger partial charge is 0.253 e. The molecular formula is C47H57N9O4. The number of nitrogens with one attached hydrogen (secondary N) is 5. The minimum atomic E-state index is -0.103. The monoisotopic (exact) mass is 811 g/mol. The number of amides is 2. The SMILES string of the molecule is O=C(NCCN1CCOCC1)c1cccc2c(NCCCCNCCCNc3c4ccccc4nc4c(C(=O)NCCN5CCOCC5)cccc34)c3ccccc3nc12. The highest BCUT2D eigenvalue weighted by Gasteiger charge is 2.19. The number of unbranched alkanes of at least 4 members (excludes halogenated alkanes) is 1. The van der Waals surface area contributed by atoms with Crippen LogP contribution < -0.4 is 26.6 Å². The summed E-state index contributed by atoms with van der Waals surface area (Å²) in [6.07, 6.45) is 2.95. The molecule has 0 unspecified atom stereocenters. The molecule has 60 heavy (non-hydrogen) atoms. The Balaban J connectivity index is 0.818. The maximum atomic E-state index is 13.4. The lowest BCUT2D eigenvalue weighted by atomic mass is 10.0. The lowest BCUT2D eigenvalue weighted by Crippen LogP contribution is -2.41.